The predicted octanol–water partition coefficient (Wildman–Crippen LogP) is 4.80. The van der Waals surface area contributed by atoms with Crippen LogP contribution in [0.1, 0.15) is 45.3 Å². The first-order valence-electron chi connectivity index (χ1n) is 14.4. The van der Waals surface area contributed by atoms with Gasteiger partial charge in [-0.25, -0.2) is 19.2 Å². The second kappa shape index (κ2) is 10.7. The summed E-state index contributed by atoms with van der Waals surface area (Å²) in [4.78, 5) is 23.9. The van der Waals surface area contributed by atoms with Crippen LogP contribution in [0.5, 0.6) is 11.6 Å². The maximum absolute atomic E-state index is 14.1. The first-order valence-corrected chi connectivity index (χ1v) is 14.4. The minimum Gasteiger partial charge on any atom is -0.494 e. The van der Waals surface area contributed by atoms with Crippen molar-refractivity contribution in [3.05, 3.63) is 82.6 Å². The van der Waals surface area contributed by atoms with Crippen molar-refractivity contribution in [2.75, 3.05) is 26.8 Å². The molecule has 4 aromatic rings. The Balaban J connectivity index is 1.05. The van der Waals surface area contributed by atoms with Crippen LogP contribution in [0.2, 0.25) is 0 Å². The molecule has 1 N–H and O–H groups in total. The molecule has 42 heavy (non-hydrogen) atoms. The summed E-state index contributed by atoms with van der Waals surface area (Å²) in [6, 6.07) is 14.1. The molecular weight excluding hydrogens is 539 g/mol. The maximum atomic E-state index is 14.1. The third-order valence-corrected chi connectivity index (χ3v) is 8.84. The Morgan fingerprint density at radius 3 is 2.67 bits per heavy atom. The summed E-state index contributed by atoms with van der Waals surface area (Å²) >= 11 is 0. The van der Waals surface area contributed by atoms with E-state index in [2.05, 4.69) is 15.5 Å². The summed E-state index contributed by atoms with van der Waals surface area (Å²) < 4.78 is 33.4. The number of ether oxygens (including phenoxy) is 3. The van der Waals surface area contributed by atoms with Crippen LogP contribution in [0.15, 0.2) is 48.5 Å². The van der Waals surface area contributed by atoms with Crippen LogP contribution in [-0.2, 0) is 24.4 Å². The number of pyridine rings is 1. The van der Waals surface area contributed by atoms with Crippen molar-refractivity contribution < 1.29 is 28.5 Å². The molecule has 2 aromatic carbocycles. The number of halogens is 1. The van der Waals surface area contributed by atoms with Crippen LogP contribution < -0.4 is 9.47 Å². The molecule has 2 saturated heterocycles. The number of carboxylic acid groups (broad SMARTS) is 1. The van der Waals surface area contributed by atoms with Crippen molar-refractivity contribution in [1.29, 1.82) is 0 Å². The number of aromatic nitrogens is 3. The number of benzene rings is 2. The number of rotatable bonds is 10. The smallest absolute Gasteiger partial charge is 0.335 e. The first-order chi connectivity index (χ1) is 20.4. The quantitative estimate of drug-likeness (QED) is 0.290. The van der Waals surface area contributed by atoms with E-state index >= 15 is 0 Å². The van der Waals surface area contributed by atoms with E-state index in [1.807, 2.05) is 19.1 Å². The second-order valence-electron chi connectivity index (χ2n) is 11.6. The van der Waals surface area contributed by atoms with Crippen molar-refractivity contribution in [2.45, 2.75) is 45.1 Å². The number of nitrogens with zero attached hydrogens (tertiary/aromatic N) is 4. The molecule has 10 heteroatoms. The van der Waals surface area contributed by atoms with Crippen molar-refractivity contribution >= 4 is 17.0 Å². The summed E-state index contributed by atoms with van der Waals surface area (Å²) in [5.74, 6) is 1.96. The van der Waals surface area contributed by atoms with E-state index < -0.39 is 5.97 Å². The molecule has 0 bridgehead atoms. The van der Waals surface area contributed by atoms with E-state index in [4.69, 9.17) is 24.2 Å². The topological polar surface area (TPSA) is 98.9 Å². The van der Waals surface area contributed by atoms with Gasteiger partial charge in [0.15, 0.2) is 0 Å². The zero-order valence-electron chi connectivity index (χ0n) is 23.6. The van der Waals surface area contributed by atoms with Crippen molar-refractivity contribution in [3.8, 4) is 11.6 Å². The van der Waals surface area contributed by atoms with E-state index in [1.165, 1.54) is 19.2 Å². The number of carbonyl (C=O) groups is 1. The highest BCUT2D eigenvalue weighted by Gasteiger charge is 2.57. The van der Waals surface area contributed by atoms with Gasteiger partial charge in [-0.05, 0) is 55.5 Å². The fourth-order valence-corrected chi connectivity index (χ4v) is 6.52. The van der Waals surface area contributed by atoms with Gasteiger partial charge in [0.2, 0.25) is 5.88 Å². The Morgan fingerprint density at radius 2 is 1.95 bits per heavy atom. The van der Waals surface area contributed by atoms with Gasteiger partial charge < -0.3 is 23.9 Å². The molecule has 1 aliphatic carbocycles. The molecule has 3 aliphatic rings. The number of piperidine rings is 1. The molecule has 218 valence electrons. The van der Waals surface area contributed by atoms with Gasteiger partial charge in [-0.1, -0.05) is 17.7 Å². The molecule has 2 aliphatic heterocycles. The van der Waals surface area contributed by atoms with Gasteiger partial charge >= 0.3 is 5.97 Å². The highest BCUT2D eigenvalue weighted by atomic mass is 19.1. The second-order valence-corrected chi connectivity index (χ2v) is 11.6. The Hall–Kier alpha value is -4.02. The first kappa shape index (κ1) is 26.9. The molecule has 0 spiro atoms. The lowest BCUT2D eigenvalue weighted by molar-refractivity contribution is -0.0591. The Morgan fingerprint density at radius 1 is 1.14 bits per heavy atom. The van der Waals surface area contributed by atoms with Crippen LogP contribution in [0.4, 0.5) is 4.39 Å². The number of aryl methyl sites for hydroxylation is 1. The van der Waals surface area contributed by atoms with Crippen molar-refractivity contribution in [3.63, 3.8) is 0 Å². The molecule has 7 rings (SSSR count). The molecule has 2 unspecified atom stereocenters. The molecule has 0 radical (unpaired) electrons. The number of imidazole rings is 1. The fourth-order valence-electron chi connectivity index (χ4n) is 6.52. The van der Waals surface area contributed by atoms with Crippen LogP contribution >= 0.6 is 0 Å². The van der Waals surface area contributed by atoms with Crippen LogP contribution in [-0.4, -0.2) is 63.4 Å². The highest BCUT2D eigenvalue weighted by molar-refractivity contribution is 5.95. The SMILES string of the molecule is COc1cc(C(=O)O)cc2c1nc(CN1CC3C(C1)C3c1cccc(OCc3cc(C)ccc3F)n1)n2C[C@@H]1CCO1. The lowest BCUT2D eigenvalue weighted by Crippen LogP contribution is -2.33. The number of hydrogen-bond acceptors (Lipinski definition) is 7. The van der Waals surface area contributed by atoms with Crippen LogP contribution in [0.25, 0.3) is 11.0 Å². The van der Waals surface area contributed by atoms with Crippen LogP contribution in [0, 0.1) is 24.6 Å². The third kappa shape index (κ3) is 4.98. The molecule has 2 aromatic heterocycles. The number of likely N-dealkylation sites (tertiary alicyclic amines) is 1. The number of carboxylic acids is 1. The monoisotopic (exact) mass is 572 g/mol. The van der Waals surface area contributed by atoms with E-state index in [0.717, 1.165) is 48.7 Å². The van der Waals surface area contributed by atoms with Gasteiger partial charge in [-0.3, -0.25) is 4.90 Å². The standard InChI is InChI=1S/C32H33FN4O5/c1-18-6-7-24(33)20(10-18)17-42-29-5-3-4-25(34-29)30-22-14-36(15-23(22)30)16-28-35-31-26(37(28)13-21-8-9-41-21)11-19(32(38)39)12-27(31)40-2/h3-7,10-12,21-23,30H,8-9,13-17H2,1-2H3,(H,38,39)/t21-,22?,23?,30?/m0/s1. The summed E-state index contributed by atoms with van der Waals surface area (Å²) in [7, 11) is 1.54. The minimum absolute atomic E-state index is 0.0972. The maximum Gasteiger partial charge on any atom is 0.335 e. The summed E-state index contributed by atoms with van der Waals surface area (Å²) in [5.41, 5.74) is 4.13. The van der Waals surface area contributed by atoms with Gasteiger partial charge in [-0.15, -0.1) is 0 Å². The molecule has 0 amide bonds. The molecule has 3 atom stereocenters. The number of methoxy groups -OCH3 is 1. The van der Waals surface area contributed by atoms with Gasteiger partial charge in [0, 0.05) is 42.9 Å². The molecule has 1 saturated carbocycles. The largest absolute Gasteiger partial charge is 0.494 e. The highest BCUT2D eigenvalue weighted by Crippen LogP contribution is 2.58. The van der Waals surface area contributed by atoms with Gasteiger partial charge in [0.1, 0.15) is 29.5 Å². The Labute approximate surface area is 242 Å². The van der Waals surface area contributed by atoms with E-state index in [9.17, 15) is 14.3 Å². The van der Waals surface area contributed by atoms with E-state index in [-0.39, 0.29) is 24.1 Å². The lowest BCUT2D eigenvalue weighted by Gasteiger charge is -2.28. The molecular formula is C32H33FN4O5. The average molecular weight is 573 g/mol. The summed E-state index contributed by atoms with van der Waals surface area (Å²) in [6.07, 6.45) is 1.07. The molecule has 3 fully saturated rings. The third-order valence-electron chi connectivity index (χ3n) is 8.84. The molecule has 9 nitrogen and oxygen atoms in total. The van der Waals surface area contributed by atoms with E-state index in [1.54, 1.807) is 18.2 Å². The van der Waals surface area contributed by atoms with Gasteiger partial charge in [-0.2, -0.15) is 0 Å². The average Bonchev–Trinajstić information content (AvgIpc) is 3.27. The summed E-state index contributed by atoms with van der Waals surface area (Å²) in [6.45, 7) is 5.96. The number of hydrogen-bond donors (Lipinski definition) is 1. The summed E-state index contributed by atoms with van der Waals surface area (Å²) in [5, 5.41) is 9.66. The van der Waals surface area contributed by atoms with E-state index in [0.29, 0.717) is 53.6 Å². The predicted molar refractivity (Wildman–Crippen MR) is 152 cm³/mol. The fraction of sp³-hybridized carbons (Fsp3) is 0.406. The van der Waals surface area contributed by atoms with Gasteiger partial charge in [0.05, 0.1) is 37.4 Å². The zero-order valence-corrected chi connectivity index (χ0v) is 23.6. The number of aromatic carboxylic acids is 1. The molecule has 4 heterocycles. The van der Waals surface area contributed by atoms with Gasteiger partial charge in [0.25, 0.3) is 0 Å². The number of fused-ring (bicyclic) bond motifs is 2. The normalized spacial score (nSPS) is 23.0. The van der Waals surface area contributed by atoms with Crippen LogP contribution in [0.3, 0.4) is 0 Å². The lowest BCUT2D eigenvalue weighted by atomic mass is 10.1. The Bertz CT molecular complexity index is 1660. The minimum atomic E-state index is -1.000. The van der Waals surface area contributed by atoms with Crippen molar-refractivity contribution in [1.82, 2.24) is 19.4 Å². The van der Waals surface area contributed by atoms with Crippen molar-refractivity contribution in [2.24, 2.45) is 11.8 Å². The zero-order chi connectivity index (χ0) is 29.0. The Kier molecular flexibility index (Phi) is 6.82.